The van der Waals surface area contributed by atoms with Crippen molar-refractivity contribution in [1.29, 1.82) is 0 Å². The molecule has 2 N–H and O–H groups in total. The summed E-state index contributed by atoms with van der Waals surface area (Å²) in [5.41, 5.74) is 1.13. The molecule has 1 aromatic carbocycles. The maximum absolute atomic E-state index is 9.18. The molecule has 0 saturated carbocycles. The van der Waals surface area contributed by atoms with E-state index in [0.29, 0.717) is 10.6 Å². The van der Waals surface area contributed by atoms with Crippen molar-refractivity contribution in [3.63, 3.8) is 0 Å². The SMILES string of the molecule is CC(c1ccccc1)n1c(CO)n[nH]c1=S. The maximum Gasteiger partial charge on any atom is 0.195 e. The molecule has 0 amide bonds. The molecule has 0 radical (unpaired) electrons. The number of aliphatic hydroxyl groups excluding tert-OH is 1. The molecule has 0 fully saturated rings. The third kappa shape index (κ3) is 1.91. The second-order valence-electron chi connectivity index (χ2n) is 3.56. The number of aliphatic hydroxyl groups is 1. The first-order valence-corrected chi connectivity index (χ1v) is 5.46. The minimum absolute atomic E-state index is 0.0644. The lowest BCUT2D eigenvalue weighted by Crippen LogP contribution is -2.10. The molecular weight excluding hydrogens is 222 g/mol. The Bertz CT molecular complexity index is 518. The highest BCUT2D eigenvalue weighted by atomic mass is 32.1. The van der Waals surface area contributed by atoms with Crippen LogP contribution in [0.5, 0.6) is 0 Å². The summed E-state index contributed by atoms with van der Waals surface area (Å²) in [5.74, 6) is 0.557. The van der Waals surface area contributed by atoms with Crippen LogP contribution in [0.25, 0.3) is 0 Å². The largest absolute Gasteiger partial charge is 0.388 e. The third-order valence-electron chi connectivity index (χ3n) is 2.59. The van der Waals surface area contributed by atoms with Crippen LogP contribution < -0.4 is 0 Å². The van der Waals surface area contributed by atoms with Crippen LogP contribution in [0, 0.1) is 4.77 Å². The van der Waals surface area contributed by atoms with E-state index in [9.17, 15) is 5.11 Å². The van der Waals surface area contributed by atoms with E-state index in [2.05, 4.69) is 10.2 Å². The van der Waals surface area contributed by atoms with Gasteiger partial charge in [0.05, 0.1) is 6.04 Å². The van der Waals surface area contributed by atoms with Crippen molar-refractivity contribution in [2.75, 3.05) is 0 Å². The van der Waals surface area contributed by atoms with Gasteiger partial charge in [0.15, 0.2) is 10.6 Å². The standard InChI is InChI=1S/C11H13N3OS/c1-8(9-5-3-2-4-6-9)14-10(7-15)12-13-11(14)16/h2-6,8,15H,7H2,1H3,(H,13,16). The summed E-state index contributed by atoms with van der Waals surface area (Å²) in [6.45, 7) is 1.91. The van der Waals surface area contributed by atoms with Gasteiger partial charge in [0, 0.05) is 0 Å². The van der Waals surface area contributed by atoms with Crippen molar-refractivity contribution >= 4 is 12.2 Å². The Balaban J connectivity index is 2.45. The van der Waals surface area contributed by atoms with Crippen molar-refractivity contribution in [1.82, 2.24) is 14.8 Å². The van der Waals surface area contributed by atoms with Gasteiger partial charge in [-0.3, -0.25) is 9.67 Å². The van der Waals surface area contributed by atoms with E-state index >= 15 is 0 Å². The Kier molecular flexibility index (Phi) is 3.17. The van der Waals surface area contributed by atoms with E-state index in [1.807, 2.05) is 41.8 Å². The van der Waals surface area contributed by atoms with Gasteiger partial charge >= 0.3 is 0 Å². The normalized spacial score (nSPS) is 12.6. The van der Waals surface area contributed by atoms with Gasteiger partial charge in [0.2, 0.25) is 0 Å². The molecule has 1 unspecified atom stereocenters. The highest BCUT2D eigenvalue weighted by Crippen LogP contribution is 2.19. The van der Waals surface area contributed by atoms with Crippen LogP contribution in [-0.2, 0) is 6.61 Å². The summed E-state index contributed by atoms with van der Waals surface area (Å²) in [5, 5.41) is 15.8. The molecule has 1 atom stereocenters. The number of nitrogens with one attached hydrogen (secondary N) is 1. The number of benzene rings is 1. The van der Waals surface area contributed by atoms with Crippen LogP contribution in [-0.4, -0.2) is 19.9 Å². The average Bonchev–Trinajstić information content (AvgIpc) is 2.70. The molecule has 0 aliphatic heterocycles. The van der Waals surface area contributed by atoms with E-state index in [-0.39, 0.29) is 12.6 Å². The lowest BCUT2D eigenvalue weighted by molar-refractivity contribution is 0.263. The molecule has 5 heteroatoms. The lowest BCUT2D eigenvalue weighted by Gasteiger charge is -2.15. The van der Waals surface area contributed by atoms with Crippen molar-refractivity contribution in [2.45, 2.75) is 19.6 Å². The Labute approximate surface area is 98.6 Å². The van der Waals surface area contributed by atoms with Gasteiger partial charge in [-0.2, -0.15) is 5.10 Å². The molecule has 16 heavy (non-hydrogen) atoms. The zero-order chi connectivity index (χ0) is 11.5. The van der Waals surface area contributed by atoms with Crippen LogP contribution in [0.1, 0.15) is 24.4 Å². The van der Waals surface area contributed by atoms with Crippen LogP contribution in [0.4, 0.5) is 0 Å². The van der Waals surface area contributed by atoms with Crippen molar-refractivity contribution in [2.24, 2.45) is 0 Å². The predicted molar refractivity (Wildman–Crippen MR) is 63.6 cm³/mol. The fourth-order valence-electron chi connectivity index (χ4n) is 1.73. The first kappa shape index (κ1) is 11.0. The molecule has 0 aliphatic carbocycles. The molecule has 4 nitrogen and oxygen atoms in total. The van der Waals surface area contributed by atoms with Gasteiger partial charge in [0.25, 0.3) is 0 Å². The zero-order valence-electron chi connectivity index (χ0n) is 8.92. The molecular formula is C11H13N3OS. The van der Waals surface area contributed by atoms with E-state index in [1.165, 1.54) is 0 Å². The van der Waals surface area contributed by atoms with Crippen LogP contribution in [0.3, 0.4) is 0 Å². The molecule has 1 heterocycles. The molecule has 1 aromatic heterocycles. The van der Waals surface area contributed by atoms with Crippen molar-refractivity contribution < 1.29 is 5.11 Å². The number of hydrogen-bond acceptors (Lipinski definition) is 3. The Morgan fingerprint density at radius 2 is 2.12 bits per heavy atom. The molecule has 0 aliphatic rings. The van der Waals surface area contributed by atoms with E-state index in [4.69, 9.17) is 12.2 Å². The Morgan fingerprint density at radius 3 is 2.75 bits per heavy atom. The Hall–Kier alpha value is -1.46. The molecule has 0 spiro atoms. The van der Waals surface area contributed by atoms with Gasteiger partial charge < -0.3 is 5.11 Å². The van der Waals surface area contributed by atoms with Gasteiger partial charge in [0.1, 0.15) is 6.61 Å². The summed E-state index contributed by atoms with van der Waals surface area (Å²) in [7, 11) is 0. The predicted octanol–water partition coefficient (Wildman–Crippen LogP) is 2.04. The molecule has 84 valence electrons. The third-order valence-corrected chi connectivity index (χ3v) is 2.88. The van der Waals surface area contributed by atoms with Crippen LogP contribution in [0.15, 0.2) is 30.3 Å². The summed E-state index contributed by atoms with van der Waals surface area (Å²) < 4.78 is 2.35. The number of aromatic nitrogens is 3. The van der Waals surface area contributed by atoms with Gasteiger partial charge in [-0.25, -0.2) is 0 Å². The summed E-state index contributed by atoms with van der Waals surface area (Å²) >= 11 is 5.15. The highest BCUT2D eigenvalue weighted by Gasteiger charge is 2.13. The van der Waals surface area contributed by atoms with Crippen LogP contribution >= 0.6 is 12.2 Å². The topological polar surface area (TPSA) is 53.8 Å². The number of H-pyrrole nitrogens is 1. The van der Waals surface area contributed by atoms with Gasteiger partial charge in [-0.1, -0.05) is 30.3 Å². The van der Waals surface area contributed by atoms with Crippen LogP contribution in [0.2, 0.25) is 0 Å². The van der Waals surface area contributed by atoms with Gasteiger partial charge in [-0.05, 0) is 24.7 Å². The fourth-order valence-corrected chi connectivity index (χ4v) is 2.04. The monoisotopic (exact) mass is 235 g/mol. The molecule has 2 aromatic rings. The average molecular weight is 235 g/mol. The summed E-state index contributed by atoms with van der Waals surface area (Å²) in [6, 6.07) is 10.1. The maximum atomic E-state index is 9.18. The molecule has 0 saturated heterocycles. The molecule has 0 bridgehead atoms. The van der Waals surface area contributed by atoms with Crippen molar-refractivity contribution in [3.8, 4) is 0 Å². The number of aromatic amines is 1. The Morgan fingerprint density at radius 1 is 1.44 bits per heavy atom. The number of hydrogen-bond donors (Lipinski definition) is 2. The minimum atomic E-state index is -0.121. The summed E-state index contributed by atoms with van der Waals surface area (Å²) in [6.07, 6.45) is 0. The first-order chi connectivity index (χ1) is 7.74. The minimum Gasteiger partial charge on any atom is -0.388 e. The van der Waals surface area contributed by atoms with E-state index in [1.54, 1.807) is 0 Å². The summed E-state index contributed by atoms with van der Waals surface area (Å²) in [4.78, 5) is 0. The number of nitrogens with zero attached hydrogens (tertiary/aromatic N) is 2. The first-order valence-electron chi connectivity index (χ1n) is 5.05. The van der Waals surface area contributed by atoms with Gasteiger partial charge in [-0.15, -0.1) is 0 Å². The van der Waals surface area contributed by atoms with E-state index < -0.39 is 0 Å². The highest BCUT2D eigenvalue weighted by molar-refractivity contribution is 7.71. The van der Waals surface area contributed by atoms with E-state index in [0.717, 1.165) is 5.56 Å². The fraction of sp³-hybridized carbons (Fsp3) is 0.273. The second kappa shape index (κ2) is 4.59. The molecule has 2 rings (SSSR count). The zero-order valence-corrected chi connectivity index (χ0v) is 9.74. The van der Waals surface area contributed by atoms with Crippen molar-refractivity contribution in [3.05, 3.63) is 46.5 Å². The second-order valence-corrected chi connectivity index (χ2v) is 3.95. The number of rotatable bonds is 3. The quantitative estimate of drug-likeness (QED) is 0.800. The smallest absolute Gasteiger partial charge is 0.195 e. The lowest BCUT2D eigenvalue weighted by atomic mass is 10.1.